The van der Waals surface area contributed by atoms with Gasteiger partial charge >= 0.3 is 0 Å². The lowest BCUT2D eigenvalue weighted by Gasteiger charge is -2.38. The molecule has 2 aliphatic heterocycles. The summed E-state index contributed by atoms with van der Waals surface area (Å²) in [5.74, 6) is 1.26. The molecule has 202 valence electrons. The summed E-state index contributed by atoms with van der Waals surface area (Å²) in [6.45, 7) is 4.10. The standard InChI is InChI=1S/C27H30N8O2S2/c1-14(18-6-5-9-34(18)2)35-25-16(11-30-35)26(38-3)32-24(31-25)21-17-12-36-13-27(22(17)37-33-21)8-4-7-19-20(27)15(10-28)23(29)39-19/h11,14,18H,4-9,12-13,29H2,1-3H3/t14-,18-,27?/m0/s1. The highest BCUT2D eigenvalue weighted by atomic mass is 32.2. The number of aryl methyl sites for hydroxylation is 1. The van der Waals surface area contributed by atoms with Gasteiger partial charge in [0.25, 0.3) is 0 Å². The monoisotopic (exact) mass is 562 g/mol. The molecule has 10 nitrogen and oxygen atoms in total. The van der Waals surface area contributed by atoms with E-state index in [4.69, 9.17) is 30.1 Å². The van der Waals surface area contributed by atoms with Crippen molar-refractivity contribution in [2.45, 2.75) is 68.2 Å². The molecule has 1 aliphatic carbocycles. The normalized spacial score (nSPS) is 23.7. The Morgan fingerprint density at radius 1 is 1.33 bits per heavy atom. The van der Waals surface area contributed by atoms with Gasteiger partial charge in [-0.05, 0) is 58.9 Å². The van der Waals surface area contributed by atoms with Crippen LogP contribution in [-0.4, -0.2) is 62.3 Å². The number of ether oxygens (including phenoxy) is 1. The van der Waals surface area contributed by atoms with E-state index in [9.17, 15) is 5.26 Å². The van der Waals surface area contributed by atoms with E-state index in [0.29, 0.717) is 41.3 Å². The molecule has 0 aromatic carbocycles. The maximum atomic E-state index is 9.97. The molecule has 1 fully saturated rings. The molecule has 4 aromatic rings. The number of hydrogen-bond acceptors (Lipinski definition) is 11. The minimum absolute atomic E-state index is 0.166. The number of nitrogens with zero attached hydrogens (tertiary/aromatic N) is 7. The number of anilines is 1. The van der Waals surface area contributed by atoms with Crippen LogP contribution in [0.5, 0.6) is 0 Å². The van der Waals surface area contributed by atoms with Gasteiger partial charge in [-0.15, -0.1) is 23.1 Å². The Morgan fingerprint density at radius 3 is 2.97 bits per heavy atom. The largest absolute Gasteiger partial charge is 0.389 e. The predicted octanol–water partition coefficient (Wildman–Crippen LogP) is 4.53. The summed E-state index contributed by atoms with van der Waals surface area (Å²) in [5.41, 5.74) is 9.44. The molecule has 12 heteroatoms. The third-order valence-corrected chi connectivity index (χ3v) is 10.5. The molecule has 2 N–H and O–H groups in total. The first-order chi connectivity index (χ1) is 19.0. The van der Waals surface area contributed by atoms with Crippen LogP contribution in [0.1, 0.15) is 66.0 Å². The van der Waals surface area contributed by atoms with Gasteiger partial charge in [0, 0.05) is 16.5 Å². The van der Waals surface area contributed by atoms with Crippen molar-refractivity contribution in [2.75, 3.05) is 32.2 Å². The van der Waals surface area contributed by atoms with E-state index in [0.717, 1.165) is 70.1 Å². The van der Waals surface area contributed by atoms with E-state index in [2.05, 4.69) is 30.1 Å². The fourth-order valence-electron chi connectivity index (χ4n) is 6.89. The van der Waals surface area contributed by atoms with E-state index >= 15 is 0 Å². The zero-order valence-corrected chi connectivity index (χ0v) is 23.9. The van der Waals surface area contributed by atoms with Crippen molar-refractivity contribution in [1.82, 2.24) is 29.8 Å². The van der Waals surface area contributed by atoms with E-state index in [1.165, 1.54) is 17.8 Å². The zero-order chi connectivity index (χ0) is 26.9. The van der Waals surface area contributed by atoms with Crippen LogP contribution in [0.15, 0.2) is 15.7 Å². The average molecular weight is 563 g/mol. The third kappa shape index (κ3) is 3.60. The number of thioether (sulfide) groups is 1. The molecule has 3 atom stereocenters. The number of nitrogens with two attached hydrogens (primary N) is 1. The van der Waals surface area contributed by atoms with Gasteiger partial charge in [0.15, 0.2) is 22.9 Å². The summed E-state index contributed by atoms with van der Waals surface area (Å²) in [7, 11) is 2.18. The smallest absolute Gasteiger partial charge is 0.185 e. The van der Waals surface area contributed by atoms with Crippen molar-refractivity contribution in [2.24, 2.45) is 0 Å². The molecule has 1 saturated heterocycles. The van der Waals surface area contributed by atoms with E-state index in [1.54, 1.807) is 11.8 Å². The number of fused-ring (bicyclic) bond motifs is 5. The maximum absolute atomic E-state index is 9.97. The number of likely N-dealkylation sites (tertiary alicyclic amines) is 1. The van der Waals surface area contributed by atoms with Crippen LogP contribution < -0.4 is 5.73 Å². The molecule has 1 spiro atoms. The molecule has 1 unspecified atom stereocenters. The number of hydrogen-bond donors (Lipinski definition) is 1. The highest BCUT2D eigenvalue weighted by molar-refractivity contribution is 7.98. The Balaban J connectivity index is 1.37. The highest BCUT2D eigenvalue weighted by Crippen LogP contribution is 2.52. The van der Waals surface area contributed by atoms with Gasteiger partial charge in [-0.25, -0.2) is 14.6 Å². The van der Waals surface area contributed by atoms with Crippen molar-refractivity contribution in [3.63, 3.8) is 0 Å². The topological polar surface area (TPSA) is 132 Å². The number of nitriles is 1. The second-order valence-electron chi connectivity index (χ2n) is 10.8. The summed E-state index contributed by atoms with van der Waals surface area (Å²) < 4.78 is 14.4. The van der Waals surface area contributed by atoms with Gasteiger partial charge < -0.3 is 19.9 Å². The summed E-state index contributed by atoms with van der Waals surface area (Å²) >= 11 is 3.08. The van der Waals surface area contributed by atoms with Crippen molar-refractivity contribution in [3.8, 4) is 17.6 Å². The van der Waals surface area contributed by atoms with Gasteiger partial charge in [0.2, 0.25) is 0 Å². The molecule has 0 bridgehead atoms. The lowest BCUT2D eigenvalue weighted by Crippen LogP contribution is -2.40. The van der Waals surface area contributed by atoms with Crippen LogP contribution in [0.4, 0.5) is 5.00 Å². The molecule has 3 aliphatic rings. The van der Waals surface area contributed by atoms with E-state index in [1.807, 2.05) is 17.1 Å². The summed E-state index contributed by atoms with van der Waals surface area (Å²) in [6, 6.07) is 2.92. The second-order valence-corrected chi connectivity index (χ2v) is 12.8. The Hall–Kier alpha value is -2.98. The average Bonchev–Trinajstić information content (AvgIpc) is 3.72. The maximum Gasteiger partial charge on any atom is 0.185 e. The lowest BCUT2D eigenvalue weighted by molar-refractivity contribution is 0.0459. The van der Waals surface area contributed by atoms with E-state index in [-0.39, 0.29) is 6.04 Å². The summed E-state index contributed by atoms with van der Waals surface area (Å²) in [5, 5.41) is 21.6. The molecule has 0 saturated carbocycles. The molecular weight excluding hydrogens is 532 g/mol. The Kier molecular flexibility index (Phi) is 5.97. The fraction of sp³-hybridized carbons (Fsp3) is 0.519. The summed E-state index contributed by atoms with van der Waals surface area (Å²) in [4.78, 5) is 13.5. The number of aromatic nitrogens is 5. The SMILES string of the molecule is CSc1nc(-c2noc3c2COCC32CCCc3sc(N)c(C#N)c32)nc2c1cnn2[C@@H](C)[C@@H]1CCCN1C. The molecule has 7 rings (SSSR count). The predicted molar refractivity (Wildman–Crippen MR) is 150 cm³/mol. The van der Waals surface area contributed by atoms with Gasteiger partial charge in [-0.1, -0.05) is 5.16 Å². The number of thiophene rings is 1. The van der Waals surface area contributed by atoms with Gasteiger partial charge in [0.1, 0.15) is 16.1 Å². The molecule has 39 heavy (non-hydrogen) atoms. The Labute approximate surface area is 234 Å². The molecule has 6 heterocycles. The van der Waals surface area contributed by atoms with Crippen LogP contribution in [0.2, 0.25) is 0 Å². The summed E-state index contributed by atoms with van der Waals surface area (Å²) in [6.07, 6.45) is 8.90. The Bertz CT molecular complexity index is 1630. The Morgan fingerprint density at radius 2 is 2.21 bits per heavy atom. The first-order valence-corrected chi connectivity index (χ1v) is 15.4. The van der Waals surface area contributed by atoms with Gasteiger partial charge in [-0.3, -0.25) is 0 Å². The third-order valence-electron chi connectivity index (χ3n) is 8.77. The van der Waals surface area contributed by atoms with Crippen molar-refractivity contribution >= 4 is 39.1 Å². The molecule has 0 radical (unpaired) electrons. The number of nitrogen functional groups attached to an aromatic ring is 1. The first-order valence-electron chi connectivity index (χ1n) is 13.3. The van der Waals surface area contributed by atoms with Crippen molar-refractivity contribution in [3.05, 3.63) is 33.5 Å². The first kappa shape index (κ1) is 25.0. The fourth-order valence-corrected chi connectivity index (χ4v) is 8.60. The molecular formula is C27H30N8O2S2. The van der Waals surface area contributed by atoms with Crippen LogP contribution in [0.3, 0.4) is 0 Å². The zero-order valence-electron chi connectivity index (χ0n) is 22.2. The molecule has 4 aromatic heterocycles. The number of rotatable bonds is 4. The van der Waals surface area contributed by atoms with Crippen LogP contribution in [0, 0.1) is 11.3 Å². The van der Waals surface area contributed by atoms with Crippen molar-refractivity contribution < 1.29 is 9.26 Å². The van der Waals surface area contributed by atoms with Crippen LogP contribution >= 0.6 is 23.1 Å². The second kappa shape index (κ2) is 9.30. The van der Waals surface area contributed by atoms with Crippen LogP contribution in [-0.2, 0) is 23.2 Å². The minimum Gasteiger partial charge on any atom is -0.389 e. The quantitative estimate of drug-likeness (QED) is 0.279. The lowest BCUT2D eigenvalue weighted by atomic mass is 9.68. The van der Waals surface area contributed by atoms with Gasteiger partial charge in [-0.2, -0.15) is 10.4 Å². The van der Waals surface area contributed by atoms with Crippen LogP contribution in [0.25, 0.3) is 22.6 Å². The van der Waals surface area contributed by atoms with Gasteiger partial charge in [0.05, 0.1) is 47.4 Å². The minimum atomic E-state index is -0.582. The molecule has 0 amide bonds. The van der Waals surface area contributed by atoms with E-state index < -0.39 is 5.41 Å². The van der Waals surface area contributed by atoms with Crippen molar-refractivity contribution in [1.29, 1.82) is 5.26 Å². The number of likely N-dealkylation sites (N-methyl/N-ethyl adjacent to an activating group) is 1. The highest BCUT2D eigenvalue weighted by Gasteiger charge is 2.49.